The van der Waals surface area contributed by atoms with Crippen molar-refractivity contribution in [1.29, 1.82) is 0 Å². The highest BCUT2D eigenvalue weighted by Gasteiger charge is 2.08. The van der Waals surface area contributed by atoms with Gasteiger partial charge in [0, 0.05) is 26.1 Å². The lowest BCUT2D eigenvalue weighted by Crippen LogP contribution is -2.25. The second-order valence-corrected chi connectivity index (χ2v) is 3.76. The lowest BCUT2D eigenvalue weighted by atomic mass is 10.0. The molecule has 0 aliphatic carbocycles. The minimum absolute atomic E-state index is 0.261. The van der Waals surface area contributed by atoms with Crippen molar-refractivity contribution in [3.63, 3.8) is 0 Å². The van der Waals surface area contributed by atoms with E-state index in [-0.39, 0.29) is 6.61 Å². The van der Waals surface area contributed by atoms with E-state index in [1.807, 2.05) is 0 Å². The summed E-state index contributed by atoms with van der Waals surface area (Å²) in [6, 6.07) is 0. The monoisotopic (exact) mass is 184 g/mol. The largest absolute Gasteiger partial charge is 0.396 e. The van der Waals surface area contributed by atoms with E-state index in [0.717, 1.165) is 37.7 Å². The molecule has 0 radical (unpaired) electrons. The average Bonchev–Trinajstić information content (AvgIpc) is 2.32. The molecule has 0 spiro atoms. The molecule has 1 aliphatic rings. The van der Waals surface area contributed by atoms with Crippen LogP contribution in [0, 0.1) is 5.92 Å². The molecule has 1 atom stereocenters. The van der Waals surface area contributed by atoms with Gasteiger partial charge < -0.3 is 10.4 Å². The molecule has 0 aromatic rings. The van der Waals surface area contributed by atoms with Crippen LogP contribution in [0.25, 0.3) is 0 Å². The molecule has 0 amide bonds. The van der Waals surface area contributed by atoms with Crippen LogP contribution in [0.4, 0.5) is 0 Å². The number of amidine groups is 1. The fraction of sp³-hybridized carbons (Fsp3) is 0.900. The zero-order chi connectivity index (χ0) is 9.52. The summed E-state index contributed by atoms with van der Waals surface area (Å²) in [5.74, 6) is 1.94. The van der Waals surface area contributed by atoms with Crippen molar-refractivity contribution < 1.29 is 5.11 Å². The molecule has 1 unspecified atom stereocenters. The van der Waals surface area contributed by atoms with Crippen molar-refractivity contribution in [2.75, 3.05) is 19.7 Å². The van der Waals surface area contributed by atoms with Crippen LogP contribution in [-0.2, 0) is 0 Å². The summed E-state index contributed by atoms with van der Waals surface area (Å²) in [7, 11) is 0. The van der Waals surface area contributed by atoms with Crippen molar-refractivity contribution in [2.45, 2.75) is 32.6 Å². The average molecular weight is 184 g/mol. The molecule has 0 saturated carbocycles. The molecule has 0 fully saturated rings. The SMILES string of the molecule is CC1CCN=C(NCCCO)CC1. The molecule has 0 bridgehead atoms. The van der Waals surface area contributed by atoms with E-state index >= 15 is 0 Å². The summed E-state index contributed by atoms with van der Waals surface area (Å²) < 4.78 is 0. The van der Waals surface area contributed by atoms with Crippen LogP contribution in [0.2, 0.25) is 0 Å². The highest BCUT2D eigenvalue weighted by molar-refractivity contribution is 5.82. The van der Waals surface area contributed by atoms with Gasteiger partial charge in [-0.25, -0.2) is 0 Å². The molecule has 13 heavy (non-hydrogen) atoms. The Kier molecular flexibility index (Phi) is 4.83. The summed E-state index contributed by atoms with van der Waals surface area (Å²) >= 11 is 0. The highest BCUT2D eigenvalue weighted by Crippen LogP contribution is 2.13. The van der Waals surface area contributed by atoms with Gasteiger partial charge in [-0.2, -0.15) is 0 Å². The Morgan fingerprint density at radius 1 is 1.54 bits per heavy atom. The topological polar surface area (TPSA) is 44.6 Å². The first-order valence-electron chi connectivity index (χ1n) is 5.21. The maximum absolute atomic E-state index is 8.61. The molecule has 3 heteroatoms. The molecule has 2 N–H and O–H groups in total. The first-order chi connectivity index (χ1) is 6.33. The van der Waals surface area contributed by atoms with E-state index < -0.39 is 0 Å². The van der Waals surface area contributed by atoms with Gasteiger partial charge in [-0.3, -0.25) is 4.99 Å². The first kappa shape index (κ1) is 10.5. The van der Waals surface area contributed by atoms with Gasteiger partial charge in [0.2, 0.25) is 0 Å². The Bertz CT molecular complexity index is 168. The zero-order valence-corrected chi connectivity index (χ0v) is 8.42. The molecule has 1 aliphatic heterocycles. The molecule has 0 aromatic heterocycles. The van der Waals surface area contributed by atoms with E-state index in [2.05, 4.69) is 17.2 Å². The smallest absolute Gasteiger partial charge is 0.0963 e. The molecular weight excluding hydrogens is 164 g/mol. The molecule has 3 nitrogen and oxygen atoms in total. The number of nitrogens with one attached hydrogen (secondary N) is 1. The van der Waals surface area contributed by atoms with Crippen LogP contribution >= 0.6 is 0 Å². The zero-order valence-electron chi connectivity index (χ0n) is 8.42. The molecule has 76 valence electrons. The van der Waals surface area contributed by atoms with Crippen LogP contribution in [0.5, 0.6) is 0 Å². The van der Waals surface area contributed by atoms with Gasteiger partial charge in [-0.1, -0.05) is 6.92 Å². The number of aliphatic imine (C=N–C) groups is 1. The number of aliphatic hydroxyl groups excluding tert-OH is 1. The standard InChI is InChI=1S/C10H20N2O/c1-9-3-4-10(12-7-5-9)11-6-2-8-13/h9,13H,2-8H2,1H3,(H,11,12). The molecule has 0 aromatic carbocycles. The third-order valence-electron chi connectivity index (χ3n) is 2.46. The fourth-order valence-corrected chi connectivity index (χ4v) is 1.48. The minimum Gasteiger partial charge on any atom is -0.396 e. The van der Waals surface area contributed by atoms with Gasteiger partial charge >= 0.3 is 0 Å². The Hall–Kier alpha value is -0.570. The molecular formula is C10H20N2O. The van der Waals surface area contributed by atoms with Crippen molar-refractivity contribution >= 4 is 5.84 Å². The van der Waals surface area contributed by atoms with Crippen LogP contribution < -0.4 is 5.32 Å². The fourth-order valence-electron chi connectivity index (χ4n) is 1.48. The third-order valence-corrected chi connectivity index (χ3v) is 2.46. The van der Waals surface area contributed by atoms with Crippen LogP contribution in [-0.4, -0.2) is 30.6 Å². The summed E-state index contributed by atoms with van der Waals surface area (Å²) in [5.41, 5.74) is 0. The molecule has 0 saturated heterocycles. The predicted octanol–water partition coefficient (Wildman–Crippen LogP) is 1.18. The predicted molar refractivity (Wildman–Crippen MR) is 55.0 cm³/mol. The highest BCUT2D eigenvalue weighted by atomic mass is 16.3. The number of hydrogen-bond acceptors (Lipinski definition) is 3. The van der Waals surface area contributed by atoms with Gasteiger partial charge in [0.05, 0.1) is 5.84 Å². The van der Waals surface area contributed by atoms with Crippen LogP contribution in [0.3, 0.4) is 0 Å². The number of hydrogen-bond donors (Lipinski definition) is 2. The summed E-state index contributed by atoms with van der Waals surface area (Å²) in [6.45, 7) is 4.36. The maximum Gasteiger partial charge on any atom is 0.0963 e. The summed E-state index contributed by atoms with van der Waals surface area (Å²) in [5, 5.41) is 11.9. The Morgan fingerprint density at radius 3 is 3.15 bits per heavy atom. The second kappa shape index (κ2) is 5.97. The van der Waals surface area contributed by atoms with E-state index in [0.29, 0.717) is 0 Å². The van der Waals surface area contributed by atoms with Gasteiger partial charge in [0.25, 0.3) is 0 Å². The lowest BCUT2D eigenvalue weighted by molar-refractivity contribution is 0.289. The Labute approximate surface area is 80.3 Å². The summed E-state index contributed by atoms with van der Waals surface area (Å²) in [6.07, 6.45) is 4.34. The van der Waals surface area contributed by atoms with Gasteiger partial charge in [0.15, 0.2) is 0 Å². The van der Waals surface area contributed by atoms with Crippen molar-refractivity contribution in [3.8, 4) is 0 Å². The summed E-state index contributed by atoms with van der Waals surface area (Å²) in [4.78, 5) is 4.47. The number of nitrogens with zero attached hydrogens (tertiary/aromatic N) is 1. The molecule has 1 heterocycles. The minimum atomic E-state index is 0.261. The first-order valence-corrected chi connectivity index (χ1v) is 5.21. The van der Waals surface area contributed by atoms with Crippen molar-refractivity contribution in [2.24, 2.45) is 10.9 Å². The van der Waals surface area contributed by atoms with E-state index in [1.165, 1.54) is 12.8 Å². The van der Waals surface area contributed by atoms with E-state index in [4.69, 9.17) is 5.11 Å². The number of aliphatic hydroxyl groups is 1. The Balaban J connectivity index is 2.20. The number of rotatable bonds is 3. The quantitative estimate of drug-likeness (QED) is 0.647. The van der Waals surface area contributed by atoms with Gasteiger partial charge in [-0.15, -0.1) is 0 Å². The normalized spacial score (nSPS) is 23.5. The third kappa shape index (κ3) is 4.27. The van der Waals surface area contributed by atoms with Crippen LogP contribution in [0.15, 0.2) is 4.99 Å². The van der Waals surface area contributed by atoms with E-state index in [9.17, 15) is 0 Å². The lowest BCUT2D eigenvalue weighted by Gasteiger charge is -2.07. The van der Waals surface area contributed by atoms with Crippen molar-refractivity contribution in [3.05, 3.63) is 0 Å². The second-order valence-electron chi connectivity index (χ2n) is 3.76. The van der Waals surface area contributed by atoms with Gasteiger partial charge in [-0.05, 0) is 25.2 Å². The van der Waals surface area contributed by atoms with E-state index in [1.54, 1.807) is 0 Å². The van der Waals surface area contributed by atoms with Gasteiger partial charge in [0.1, 0.15) is 0 Å². The Morgan fingerprint density at radius 2 is 2.38 bits per heavy atom. The molecule has 1 rings (SSSR count). The van der Waals surface area contributed by atoms with Crippen molar-refractivity contribution in [1.82, 2.24) is 5.32 Å². The maximum atomic E-state index is 8.61. The van der Waals surface area contributed by atoms with Crippen LogP contribution in [0.1, 0.15) is 32.6 Å².